The smallest absolute Gasteiger partial charge is 0.325 e. The van der Waals surface area contributed by atoms with Crippen LogP contribution in [0.2, 0.25) is 0 Å². The Balaban J connectivity index is 1.88. The molecule has 7 heteroatoms. The highest BCUT2D eigenvalue weighted by molar-refractivity contribution is 6.00. The second-order valence-corrected chi connectivity index (χ2v) is 7.59. The molecule has 1 aromatic carbocycles. The van der Waals surface area contributed by atoms with Crippen molar-refractivity contribution < 1.29 is 23.9 Å². The Morgan fingerprint density at radius 2 is 1.80 bits per heavy atom. The van der Waals surface area contributed by atoms with E-state index in [1.807, 2.05) is 19.9 Å². The third-order valence-corrected chi connectivity index (χ3v) is 4.91. The third-order valence-electron chi connectivity index (χ3n) is 4.91. The normalized spacial score (nSPS) is 10.7. The van der Waals surface area contributed by atoms with E-state index in [4.69, 9.17) is 9.47 Å². The Morgan fingerprint density at radius 1 is 1.10 bits per heavy atom. The summed E-state index contributed by atoms with van der Waals surface area (Å²) in [7, 11) is 1.46. The maximum absolute atomic E-state index is 12.5. The highest BCUT2D eigenvalue weighted by Crippen LogP contribution is 2.18. The zero-order valence-electron chi connectivity index (χ0n) is 18.3. The fourth-order valence-electron chi connectivity index (χ4n) is 3.17. The number of Topliss-reactive ketones (excluding diaryl/α,β-unsaturated/α-hetero) is 1. The average Bonchev–Trinajstić information content (AvgIpc) is 3.01. The van der Waals surface area contributed by atoms with Crippen LogP contribution in [0.15, 0.2) is 30.3 Å². The van der Waals surface area contributed by atoms with Gasteiger partial charge in [-0.3, -0.25) is 14.4 Å². The number of hydrogen-bond donors (Lipinski definition) is 1. The number of amides is 1. The molecule has 2 rings (SSSR count). The van der Waals surface area contributed by atoms with Gasteiger partial charge < -0.3 is 19.4 Å². The summed E-state index contributed by atoms with van der Waals surface area (Å²) >= 11 is 0. The van der Waals surface area contributed by atoms with Gasteiger partial charge in [-0.1, -0.05) is 26.0 Å². The summed E-state index contributed by atoms with van der Waals surface area (Å²) in [5.41, 5.74) is 2.76. The van der Waals surface area contributed by atoms with Crippen LogP contribution in [0.4, 0.5) is 0 Å². The van der Waals surface area contributed by atoms with Gasteiger partial charge in [0.2, 0.25) is 5.78 Å². The molecule has 1 heterocycles. The summed E-state index contributed by atoms with van der Waals surface area (Å²) in [4.78, 5) is 36.7. The zero-order chi connectivity index (χ0) is 22.3. The number of carbonyl (C=O) groups is 3. The minimum absolute atomic E-state index is 0.261. The Labute approximate surface area is 177 Å². The molecule has 1 N–H and O–H groups in total. The first-order chi connectivity index (χ1) is 14.2. The lowest BCUT2D eigenvalue weighted by molar-refractivity contribution is -0.141. The Hall–Kier alpha value is -3.09. The van der Waals surface area contributed by atoms with Crippen molar-refractivity contribution in [2.75, 3.05) is 20.3 Å². The molecule has 0 saturated heterocycles. The van der Waals surface area contributed by atoms with Crippen LogP contribution in [0.25, 0.3) is 0 Å². The second-order valence-electron chi connectivity index (χ2n) is 7.59. The van der Waals surface area contributed by atoms with Crippen LogP contribution in [0.1, 0.15) is 52.4 Å². The van der Waals surface area contributed by atoms with E-state index >= 15 is 0 Å². The predicted molar refractivity (Wildman–Crippen MR) is 114 cm³/mol. The largest absolute Gasteiger partial charge is 0.496 e. The molecule has 1 amide bonds. The lowest BCUT2D eigenvalue weighted by Gasteiger charge is -2.11. The van der Waals surface area contributed by atoms with Gasteiger partial charge in [0, 0.05) is 23.5 Å². The van der Waals surface area contributed by atoms with E-state index in [0.29, 0.717) is 22.8 Å². The highest BCUT2D eigenvalue weighted by Gasteiger charge is 2.18. The van der Waals surface area contributed by atoms with Gasteiger partial charge >= 0.3 is 5.97 Å². The SMILES string of the molecule is COc1ccccc1C(=O)NCC(=O)OCC(=O)c1cc(C)n(CCC(C)C)c1C. The number of ketones is 1. The monoisotopic (exact) mass is 414 g/mol. The molecular formula is C23H30N2O5. The minimum Gasteiger partial charge on any atom is -0.496 e. The molecule has 1 aromatic heterocycles. The molecule has 0 radical (unpaired) electrons. The van der Waals surface area contributed by atoms with Crippen LogP contribution in [-0.4, -0.2) is 42.5 Å². The molecule has 0 aliphatic carbocycles. The maximum atomic E-state index is 12.5. The Bertz CT molecular complexity index is 914. The van der Waals surface area contributed by atoms with E-state index in [1.54, 1.807) is 24.3 Å². The van der Waals surface area contributed by atoms with Crippen LogP contribution in [0.5, 0.6) is 5.75 Å². The van der Waals surface area contributed by atoms with Crippen molar-refractivity contribution in [3.63, 3.8) is 0 Å². The summed E-state index contributed by atoms with van der Waals surface area (Å²) < 4.78 is 12.3. The molecule has 30 heavy (non-hydrogen) atoms. The molecule has 7 nitrogen and oxygen atoms in total. The van der Waals surface area contributed by atoms with Gasteiger partial charge in [0.05, 0.1) is 12.7 Å². The Morgan fingerprint density at radius 3 is 2.47 bits per heavy atom. The van der Waals surface area contributed by atoms with Gasteiger partial charge in [-0.2, -0.15) is 0 Å². The molecule has 0 aliphatic rings. The molecule has 162 valence electrons. The van der Waals surface area contributed by atoms with Crippen LogP contribution in [0, 0.1) is 19.8 Å². The number of para-hydroxylation sites is 1. The van der Waals surface area contributed by atoms with Gasteiger partial charge in [-0.05, 0) is 44.4 Å². The number of nitrogens with one attached hydrogen (secondary N) is 1. The number of nitrogens with zero attached hydrogens (tertiary/aromatic N) is 1. The highest BCUT2D eigenvalue weighted by atomic mass is 16.5. The molecule has 0 atom stereocenters. The maximum Gasteiger partial charge on any atom is 0.325 e. The van der Waals surface area contributed by atoms with E-state index < -0.39 is 11.9 Å². The summed E-state index contributed by atoms with van der Waals surface area (Å²) in [6.45, 7) is 8.32. The number of methoxy groups -OCH3 is 1. The van der Waals surface area contributed by atoms with Crippen molar-refractivity contribution in [1.82, 2.24) is 9.88 Å². The first kappa shape index (κ1) is 23.2. The zero-order valence-corrected chi connectivity index (χ0v) is 18.3. The summed E-state index contributed by atoms with van der Waals surface area (Å²) in [6.07, 6.45) is 1.02. The van der Waals surface area contributed by atoms with Gasteiger partial charge in [0.25, 0.3) is 5.91 Å². The van der Waals surface area contributed by atoms with Crippen molar-refractivity contribution in [3.05, 3.63) is 52.8 Å². The Kier molecular flexibility index (Phi) is 8.21. The number of aryl methyl sites for hydroxylation is 1. The summed E-state index contributed by atoms with van der Waals surface area (Å²) in [6, 6.07) is 8.53. The van der Waals surface area contributed by atoms with Crippen molar-refractivity contribution in [2.45, 2.75) is 40.7 Å². The molecule has 0 saturated carbocycles. The van der Waals surface area contributed by atoms with Gasteiger partial charge in [-0.25, -0.2) is 0 Å². The minimum atomic E-state index is -0.680. The number of ether oxygens (including phenoxy) is 2. The van der Waals surface area contributed by atoms with Gasteiger partial charge in [0.1, 0.15) is 12.3 Å². The van der Waals surface area contributed by atoms with Crippen LogP contribution in [0.3, 0.4) is 0 Å². The van der Waals surface area contributed by atoms with E-state index in [1.165, 1.54) is 7.11 Å². The molecule has 0 aliphatic heterocycles. The second kappa shape index (κ2) is 10.6. The number of hydrogen-bond acceptors (Lipinski definition) is 5. The molecule has 0 spiro atoms. The standard InChI is InChI=1S/C23H30N2O5/c1-15(2)10-11-25-16(3)12-19(17(25)4)20(26)14-30-22(27)13-24-23(28)18-8-6-7-9-21(18)29-5/h6-9,12,15H,10-11,13-14H2,1-5H3,(H,24,28). The molecule has 0 unspecified atom stereocenters. The third kappa shape index (κ3) is 5.95. The van der Waals surface area contributed by atoms with Crippen molar-refractivity contribution in [2.24, 2.45) is 5.92 Å². The number of benzene rings is 1. The number of carbonyl (C=O) groups excluding carboxylic acids is 3. The van der Waals surface area contributed by atoms with E-state index in [-0.39, 0.29) is 18.9 Å². The van der Waals surface area contributed by atoms with Gasteiger partial charge in [0.15, 0.2) is 6.61 Å². The van der Waals surface area contributed by atoms with Crippen LogP contribution < -0.4 is 10.1 Å². The van der Waals surface area contributed by atoms with Crippen LogP contribution in [-0.2, 0) is 16.1 Å². The summed E-state index contributed by atoms with van der Waals surface area (Å²) in [5.74, 6) is -0.420. The lowest BCUT2D eigenvalue weighted by Crippen LogP contribution is -2.31. The molecular weight excluding hydrogens is 384 g/mol. The van der Waals surface area contributed by atoms with Crippen molar-refractivity contribution >= 4 is 17.7 Å². The number of rotatable bonds is 10. The first-order valence-electron chi connectivity index (χ1n) is 10.0. The fraction of sp³-hybridized carbons (Fsp3) is 0.435. The number of esters is 1. The molecule has 2 aromatic rings. The summed E-state index contributed by atoms with van der Waals surface area (Å²) in [5, 5.41) is 2.48. The average molecular weight is 415 g/mol. The van der Waals surface area contributed by atoms with Crippen molar-refractivity contribution in [1.29, 1.82) is 0 Å². The van der Waals surface area contributed by atoms with E-state index in [9.17, 15) is 14.4 Å². The van der Waals surface area contributed by atoms with E-state index in [2.05, 4.69) is 23.7 Å². The fourth-order valence-corrected chi connectivity index (χ4v) is 3.17. The first-order valence-corrected chi connectivity index (χ1v) is 10.0. The molecule has 0 bridgehead atoms. The van der Waals surface area contributed by atoms with E-state index in [0.717, 1.165) is 24.4 Å². The van der Waals surface area contributed by atoms with Crippen LogP contribution >= 0.6 is 0 Å². The van der Waals surface area contributed by atoms with Crippen molar-refractivity contribution in [3.8, 4) is 5.75 Å². The topological polar surface area (TPSA) is 86.6 Å². The molecule has 0 fully saturated rings. The van der Waals surface area contributed by atoms with Gasteiger partial charge in [-0.15, -0.1) is 0 Å². The predicted octanol–water partition coefficient (Wildman–Crippen LogP) is 3.32. The lowest BCUT2D eigenvalue weighted by atomic mass is 10.1. The quantitative estimate of drug-likeness (QED) is 0.476. The number of aromatic nitrogens is 1.